The molecule has 3 rings (SSSR count). The van der Waals surface area contributed by atoms with Crippen LogP contribution in [-0.2, 0) is 6.54 Å². The third kappa shape index (κ3) is 4.49. The first-order valence-electron chi connectivity index (χ1n) is 7.51. The van der Waals surface area contributed by atoms with Gasteiger partial charge in [0.2, 0.25) is 0 Å². The van der Waals surface area contributed by atoms with Gasteiger partial charge in [-0.1, -0.05) is 18.5 Å². The maximum atomic E-state index is 6.14. The average molecular weight is 331 g/mol. The van der Waals surface area contributed by atoms with Crippen LogP contribution in [0.25, 0.3) is 0 Å². The summed E-state index contributed by atoms with van der Waals surface area (Å²) in [6.07, 6.45) is 2.61. The molecule has 0 spiro atoms. The van der Waals surface area contributed by atoms with Crippen LogP contribution >= 0.6 is 24.0 Å². The molecule has 21 heavy (non-hydrogen) atoms. The fourth-order valence-electron chi connectivity index (χ4n) is 2.77. The quantitative estimate of drug-likeness (QED) is 0.899. The highest BCUT2D eigenvalue weighted by molar-refractivity contribution is 6.30. The summed E-state index contributed by atoms with van der Waals surface area (Å²) in [4.78, 5) is 2.39. The van der Waals surface area contributed by atoms with Crippen molar-refractivity contribution in [3.63, 3.8) is 0 Å². The molecule has 0 amide bonds. The smallest absolute Gasteiger partial charge is 0.123 e. The summed E-state index contributed by atoms with van der Waals surface area (Å²) in [5.41, 5.74) is 7.28. The van der Waals surface area contributed by atoms with Crippen LogP contribution in [0, 0.1) is 11.8 Å². The lowest BCUT2D eigenvalue weighted by Gasteiger charge is -2.18. The zero-order valence-electron chi connectivity index (χ0n) is 12.4. The van der Waals surface area contributed by atoms with Crippen LogP contribution in [0.1, 0.15) is 25.3 Å². The molecule has 2 aliphatic rings. The van der Waals surface area contributed by atoms with Gasteiger partial charge < -0.3 is 10.5 Å². The van der Waals surface area contributed by atoms with E-state index in [0.29, 0.717) is 5.92 Å². The highest BCUT2D eigenvalue weighted by Gasteiger charge is 2.27. The number of benzene rings is 1. The Hall–Kier alpha value is -0.480. The number of nitrogens with zero attached hydrogens (tertiary/aromatic N) is 1. The molecule has 2 atom stereocenters. The van der Waals surface area contributed by atoms with E-state index in [-0.39, 0.29) is 18.4 Å². The summed E-state index contributed by atoms with van der Waals surface area (Å²) < 4.78 is 5.96. The Balaban J connectivity index is 0.00000161. The van der Waals surface area contributed by atoms with Crippen molar-refractivity contribution in [2.45, 2.75) is 32.4 Å². The van der Waals surface area contributed by atoms with Gasteiger partial charge in [0, 0.05) is 36.3 Å². The largest absolute Gasteiger partial charge is 0.493 e. The van der Waals surface area contributed by atoms with Crippen molar-refractivity contribution in [3.05, 3.63) is 28.8 Å². The molecule has 1 aliphatic heterocycles. The average Bonchev–Trinajstić information content (AvgIpc) is 3.16. The van der Waals surface area contributed by atoms with Crippen molar-refractivity contribution in [2.24, 2.45) is 17.6 Å². The lowest BCUT2D eigenvalue weighted by atomic mass is 10.1. The molecule has 118 valence electrons. The van der Waals surface area contributed by atoms with E-state index in [4.69, 9.17) is 22.1 Å². The molecule has 2 unspecified atom stereocenters. The minimum Gasteiger partial charge on any atom is -0.493 e. The third-order valence-electron chi connectivity index (χ3n) is 4.33. The summed E-state index contributed by atoms with van der Waals surface area (Å²) in [5, 5.41) is 0.773. The second-order valence-electron chi connectivity index (χ2n) is 6.34. The van der Waals surface area contributed by atoms with Crippen LogP contribution in [0.15, 0.2) is 18.2 Å². The summed E-state index contributed by atoms with van der Waals surface area (Å²) in [6.45, 7) is 5.93. The third-order valence-corrected chi connectivity index (χ3v) is 4.57. The molecule has 0 bridgehead atoms. The van der Waals surface area contributed by atoms with E-state index >= 15 is 0 Å². The number of hydrogen-bond acceptors (Lipinski definition) is 3. The minimum atomic E-state index is 0. The number of likely N-dealkylation sites (tertiary alicyclic amines) is 1. The molecular formula is C16H24Cl2N2O. The Morgan fingerprint density at radius 3 is 2.71 bits per heavy atom. The van der Waals surface area contributed by atoms with Crippen LogP contribution in [0.5, 0.6) is 5.75 Å². The van der Waals surface area contributed by atoms with E-state index in [1.165, 1.54) is 18.4 Å². The maximum absolute atomic E-state index is 6.14. The van der Waals surface area contributed by atoms with Crippen LogP contribution in [0.4, 0.5) is 0 Å². The molecule has 2 fully saturated rings. The van der Waals surface area contributed by atoms with Gasteiger partial charge in [0.25, 0.3) is 0 Å². The monoisotopic (exact) mass is 330 g/mol. The zero-order valence-corrected chi connectivity index (χ0v) is 14.0. The summed E-state index contributed by atoms with van der Waals surface area (Å²) in [5.74, 6) is 2.30. The lowest BCUT2D eigenvalue weighted by Crippen LogP contribution is -2.28. The number of halogens is 2. The number of nitrogens with two attached hydrogens (primary N) is 1. The van der Waals surface area contributed by atoms with Gasteiger partial charge in [-0.25, -0.2) is 0 Å². The zero-order chi connectivity index (χ0) is 14.1. The van der Waals surface area contributed by atoms with Gasteiger partial charge in [-0.3, -0.25) is 4.90 Å². The molecule has 0 aromatic heterocycles. The van der Waals surface area contributed by atoms with Gasteiger partial charge in [-0.05, 0) is 42.9 Å². The van der Waals surface area contributed by atoms with Crippen LogP contribution < -0.4 is 10.5 Å². The van der Waals surface area contributed by atoms with Gasteiger partial charge in [0.15, 0.2) is 0 Å². The first kappa shape index (κ1) is 16.9. The molecule has 0 radical (unpaired) electrons. The van der Waals surface area contributed by atoms with Gasteiger partial charge >= 0.3 is 0 Å². The second-order valence-corrected chi connectivity index (χ2v) is 6.78. The topological polar surface area (TPSA) is 38.5 Å². The normalized spacial score (nSPS) is 25.7. The van der Waals surface area contributed by atoms with Crippen LogP contribution in [0.3, 0.4) is 0 Å². The van der Waals surface area contributed by atoms with E-state index in [1.54, 1.807) is 0 Å². The van der Waals surface area contributed by atoms with E-state index in [0.717, 1.165) is 42.9 Å². The second kappa shape index (κ2) is 7.19. The molecule has 2 N–H and O–H groups in total. The van der Waals surface area contributed by atoms with Crippen molar-refractivity contribution in [3.8, 4) is 5.75 Å². The highest BCUT2D eigenvalue weighted by Crippen LogP contribution is 2.32. The van der Waals surface area contributed by atoms with Crippen molar-refractivity contribution in [1.82, 2.24) is 4.90 Å². The van der Waals surface area contributed by atoms with Crippen LogP contribution in [-0.4, -0.2) is 30.6 Å². The maximum Gasteiger partial charge on any atom is 0.123 e. The number of rotatable bonds is 5. The fourth-order valence-corrected chi connectivity index (χ4v) is 2.96. The predicted molar refractivity (Wildman–Crippen MR) is 89.3 cm³/mol. The summed E-state index contributed by atoms with van der Waals surface area (Å²) in [7, 11) is 0. The molecule has 1 aromatic rings. The molecular weight excluding hydrogens is 307 g/mol. The Labute approximate surface area is 138 Å². The standard InChI is InChI=1S/C16H23ClN2O.ClH/c1-11-7-19(9-15(11)18)8-13-6-14(17)4-5-16(13)20-10-12-2-3-12;/h4-6,11-12,15H,2-3,7-10,18H2,1H3;1H. The van der Waals surface area contributed by atoms with E-state index in [1.807, 2.05) is 18.2 Å². The van der Waals surface area contributed by atoms with Crippen molar-refractivity contribution >= 4 is 24.0 Å². The molecule has 1 saturated carbocycles. The van der Waals surface area contributed by atoms with E-state index in [2.05, 4.69) is 11.8 Å². The summed E-state index contributed by atoms with van der Waals surface area (Å²) >= 11 is 6.14. The number of ether oxygens (including phenoxy) is 1. The Morgan fingerprint density at radius 1 is 1.33 bits per heavy atom. The first-order chi connectivity index (χ1) is 9.61. The molecule has 3 nitrogen and oxygen atoms in total. The molecule has 1 saturated heterocycles. The minimum absolute atomic E-state index is 0. The van der Waals surface area contributed by atoms with Gasteiger partial charge in [0.1, 0.15) is 5.75 Å². The Kier molecular flexibility index (Phi) is 5.78. The highest BCUT2D eigenvalue weighted by atomic mass is 35.5. The Bertz CT molecular complexity index is 469. The van der Waals surface area contributed by atoms with Gasteiger partial charge in [-0.2, -0.15) is 0 Å². The van der Waals surface area contributed by atoms with Gasteiger partial charge in [-0.15, -0.1) is 12.4 Å². The van der Waals surface area contributed by atoms with Crippen molar-refractivity contribution in [2.75, 3.05) is 19.7 Å². The fraction of sp³-hybridized carbons (Fsp3) is 0.625. The van der Waals surface area contributed by atoms with Gasteiger partial charge in [0.05, 0.1) is 6.61 Å². The number of hydrogen-bond donors (Lipinski definition) is 1. The van der Waals surface area contributed by atoms with Crippen molar-refractivity contribution in [1.29, 1.82) is 0 Å². The first-order valence-corrected chi connectivity index (χ1v) is 7.89. The Morgan fingerprint density at radius 2 is 2.10 bits per heavy atom. The van der Waals surface area contributed by atoms with Crippen LogP contribution in [0.2, 0.25) is 5.02 Å². The summed E-state index contributed by atoms with van der Waals surface area (Å²) in [6, 6.07) is 6.22. The lowest BCUT2D eigenvalue weighted by molar-refractivity contribution is 0.279. The molecule has 1 heterocycles. The van der Waals surface area contributed by atoms with E-state index < -0.39 is 0 Å². The molecule has 1 aliphatic carbocycles. The predicted octanol–water partition coefficient (Wildman–Crippen LogP) is 3.33. The molecule has 1 aromatic carbocycles. The van der Waals surface area contributed by atoms with Crippen molar-refractivity contribution < 1.29 is 4.74 Å². The SMILES string of the molecule is CC1CN(Cc2cc(Cl)ccc2OCC2CC2)CC1N.Cl. The van der Waals surface area contributed by atoms with E-state index in [9.17, 15) is 0 Å². The molecule has 5 heteroatoms.